The molecule has 5 nitrogen and oxygen atoms in total. The Hall–Kier alpha value is -1.67. The van der Waals surface area contributed by atoms with Crippen LogP contribution in [0.3, 0.4) is 0 Å². The largest absolute Gasteiger partial charge is 0.284 e. The maximum Gasteiger partial charge on any atom is 0.282 e. The highest BCUT2D eigenvalue weighted by Gasteiger charge is 2.43. The average Bonchev–Trinajstić information content (AvgIpc) is 3.32. The van der Waals surface area contributed by atoms with E-state index in [2.05, 4.69) is 10.5 Å². The molecule has 2 aromatic rings. The summed E-state index contributed by atoms with van der Waals surface area (Å²) in [6.45, 7) is 2.88. The topological polar surface area (TPSA) is 47.9 Å². The number of thiophene rings is 1. The third kappa shape index (κ3) is 4.35. The molecule has 1 N–H and O–H groups in total. The minimum absolute atomic E-state index is 0.185. The van der Waals surface area contributed by atoms with Crippen molar-refractivity contribution in [2.75, 3.05) is 24.8 Å². The van der Waals surface area contributed by atoms with E-state index in [1.165, 1.54) is 0 Å². The van der Waals surface area contributed by atoms with E-state index < -0.39 is 18.6 Å². The fraction of sp³-hybridized carbons (Fsp3) is 0.429. The van der Waals surface area contributed by atoms with Gasteiger partial charge in [-0.1, -0.05) is 29.6 Å². The van der Waals surface area contributed by atoms with E-state index in [9.17, 15) is 9.18 Å². The van der Waals surface area contributed by atoms with Crippen molar-refractivity contribution in [2.24, 2.45) is 11.0 Å². The lowest BCUT2D eigenvalue weighted by atomic mass is 9.94. The summed E-state index contributed by atoms with van der Waals surface area (Å²) in [7, 11) is 0. The molecule has 0 radical (unpaired) electrons. The molecule has 2 aliphatic rings. The fourth-order valence-electron chi connectivity index (χ4n) is 3.95. The predicted octanol–water partition coefficient (Wildman–Crippen LogP) is 5.38. The number of carbonyl (C=O) groups is 1. The molecule has 1 saturated heterocycles. The van der Waals surface area contributed by atoms with Crippen molar-refractivity contribution < 1.29 is 9.18 Å². The fourth-order valence-corrected chi connectivity index (χ4v) is 5.48. The quantitative estimate of drug-likeness (QED) is 0.640. The van der Waals surface area contributed by atoms with E-state index >= 15 is 0 Å². The summed E-state index contributed by atoms with van der Waals surface area (Å²) in [5, 5.41) is 9.05. The van der Waals surface area contributed by atoms with Crippen LogP contribution in [0.2, 0.25) is 10.0 Å². The number of piperidine rings is 1. The molecule has 0 spiro atoms. The number of hydrogen-bond acceptors (Lipinski definition) is 5. The van der Waals surface area contributed by atoms with Gasteiger partial charge in [0.05, 0.1) is 22.7 Å². The van der Waals surface area contributed by atoms with Crippen molar-refractivity contribution in [1.82, 2.24) is 10.4 Å². The van der Waals surface area contributed by atoms with Crippen LogP contribution in [0.1, 0.15) is 35.1 Å². The molecule has 1 aromatic carbocycles. The molecule has 1 fully saturated rings. The second kappa shape index (κ2) is 9.22. The molecule has 0 saturated carbocycles. The van der Waals surface area contributed by atoms with Crippen LogP contribution >= 0.6 is 34.5 Å². The van der Waals surface area contributed by atoms with Crippen molar-refractivity contribution in [3.05, 3.63) is 50.1 Å². The van der Waals surface area contributed by atoms with Crippen LogP contribution < -0.4 is 10.4 Å². The lowest BCUT2D eigenvalue weighted by Gasteiger charge is -2.28. The van der Waals surface area contributed by atoms with Gasteiger partial charge in [-0.15, -0.1) is 11.3 Å². The van der Waals surface area contributed by atoms with Crippen molar-refractivity contribution in [3.8, 4) is 0 Å². The molecule has 4 rings (SSSR count). The van der Waals surface area contributed by atoms with Gasteiger partial charge in [-0.25, -0.2) is 5.01 Å². The zero-order valence-electron chi connectivity index (χ0n) is 16.6. The normalized spacial score (nSPS) is 22.3. The number of alkyl halides is 1. The van der Waals surface area contributed by atoms with Crippen LogP contribution in [-0.2, 0) is 4.79 Å². The number of anilines is 1. The van der Waals surface area contributed by atoms with Crippen LogP contribution in [0, 0.1) is 12.8 Å². The Bertz CT molecular complexity index is 960. The second-order valence-electron chi connectivity index (χ2n) is 7.57. The number of rotatable bonds is 5. The van der Waals surface area contributed by atoms with Crippen LogP contribution in [-0.4, -0.2) is 36.4 Å². The van der Waals surface area contributed by atoms with Crippen molar-refractivity contribution in [1.29, 1.82) is 0 Å². The lowest BCUT2D eigenvalue weighted by molar-refractivity contribution is -0.120. The number of hydrazone groups is 1. The Balaban J connectivity index is 1.70. The van der Waals surface area contributed by atoms with E-state index in [1.54, 1.807) is 34.5 Å². The first kappa shape index (κ1) is 21.6. The highest BCUT2D eigenvalue weighted by atomic mass is 35.5. The van der Waals surface area contributed by atoms with Gasteiger partial charge in [0, 0.05) is 27.9 Å². The summed E-state index contributed by atoms with van der Waals surface area (Å²) in [6, 6.07) is 8.59. The molecule has 3 heterocycles. The molecule has 160 valence electrons. The van der Waals surface area contributed by atoms with E-state index in [0.29, 0.717) is 15.7 Å². The minimum Gasteiger partial charge on any atom is -0.284 e. The standard InChI is InChI=1S/C21H23Cl2FN4OS/c1-13-5-8-18(30-13)20-15(12-24)19(21(29)26-27-9-3-2-4-10-27)25-28(20)17-7-6-14(22)11-16(17)23/h5-8,11,15,20H,2-4,9-10,12H2,1H3,(H,26,29). The number of nitrogens with one attached hydrogen (secondary N) is 1. The van der Waals surface area contributed by atoms with Gasteiger partial charge in [0.2, 0.25) is 0 Å². The van der Waals surface area contributed by atoms with Gasteiger partial charge < -0.3 is 0 Å². The minimum atomic E-state index is -0.699. The summed E-state index contributed by atoms with van der Waals surface area (Å²) in [4.78, 5) is 15.1. The van der Waals surface area contributed by atoms with Crippen molar-refractivity contribution in [3.63, 3.8) is 0 Å². The Morgan fingerprint density at radius 2 is 2.00 bits per heavy atom. The number of hydrogen-bond donors (Lipinski definition) is 1. The van der Waals surface area contributed by atoms with Gasteiger partial charge in [0.25, 0.3) is 5.91 Å². The second-order valence-corrected chi connectivity index (χ2v) is 9.73. The van der Waals surface area contributed by atoms with E-state index in [4.69, 9.17) is 23.2 Å². The Kier molecular flexibility index (Phi) is 6.63. The van der Waals surface area contributed by atoms with Crippen LogP contribution in [0.25, 0.3) is 0 Å². The zero-order chi connectivity index (χ0) is 21.3. The number of halogens is 3. The Morgan fingerprint density at radius 3 is 2.63 bits per heavy atom. The van der Waals surface area contributed by atoms with E-state index in [-0.39, 0.29) is 11.6 Å². The summed E-state index contributed by atoms with van der Waals surface area (Å²) in [6.07, 6.45) is 3.22. The molecule has 1 amide bonds. The van der Waals surface area contributed by atoms with Crippen LogP contribution in [0.4, 0.5) is 10.1 Å². The van der Waals surface area contributed by atoms with Crippen molar-refractivity contribution in [2.45, 2.75) is 32.2 Å². The third-order valence-corrected chi connectivity index (χ3v) is 7.04. The number of benzene rings is 1. The zero-order valence-corrected chi connectivity index (χ0v) is 18.9. The van der Waals surface area contributed by atoms with Crippen LogP contribution in [0.5, 0.6) is 0 Å². The highest BCUT2D eigenvalue weighted by molar-refractivity contribution is 7.12. The smallest absolute Gasteiger partial charge is 0.282 e. The van der Waals surface area contributed by atoms with Gasteiger partial charge in [-0.3, -0.25) is 19.6 Å². The number of nitrogens with zero attached hydrogens (tertiary/aromatic N) is 3. The average molecular weight is 469 g/mol. The van der Waals surface area contributed by atoms with Crippen molar-refractivity contribution >= 4 is 51.8 Å². The summed E-state index contributed by atoms with van der Waals surface area (Å²) in [5.74, 6) is -1.05. The maximum absolute atomic E-state index is 14.3. The molecular formula is C21H23Cl2FN4OS. The number of carbonyl (C=O) groups excluding carboxylic acids is 1. The summed E-state index contributed by atoms with van der Waals surface area (Å²) < 4.78 is 14.3. The molecule has 0 bridgehead atoms. The third-order valence-electron chi connectivity index (χ3n) is 5.44. The summed E-state index contributed by atoms with van der Waals surface area (Å²) >= 11 is 14.1. The molecule has 9 heteroatoms. The first-order valence-corrected chi connectivity index (χ1v) is 11.6. The Morgan fingerprint density at radius 1 is 1.23 bits per heavy atom. The molecular weight excluding hydrogens is 446 g/mol. The van der Waals surface area contributed by atoms with E-state index in [0.717, 1.165) is 42.1 Å². The van der Waals surface area contributed by atoms with Gasteiger partial charge >= 0.3 is 0 Å². The Labute approximate surface area is 189 Å². The first-order valence-electron chi connectivity index (χ1n) is 9.99. The predicted molar refractivity (Wildman–Crippen MR) is 121 cm³/mol. The first-order chi connectivity index (χ1) is 14.5. The van der Waals surface area contributed by atoms with Gasteiger partial charge in [-0.2, -0.15) is 5.10 Å². The molecule has 2 atom stereocenters. The molecule has 2 unspecified atom stereocenters. The molecule has 30 heavy (non-hydrogen) atoms. The molecule has 0 aliphatic carbocycles. The molecule has 1 aromatic heterocycles. The SMILES string of the molecule is Cc1ccc(C2C(CF)C(C(=O)NN3CCCCC3)=NN2c2ccc(Cl)cc2Cl)s1. The number of aryl methyl sites for hydroxylation is 1. The highest BCUT2D eigenvalue weighted by Crippen LogP contribution is 2.44. The number of hydrazine groups is 1. The van der Waals surface area contributed by atoms with Gasteiger partial charge in [0.1, 0.15) is 12.4 Å². The van der Waals surface area contributed by atoms with Crippen LogP contribution in [0.15, 0.2) is 35.4 Å². The number of amides is 1. The van der Waals surface area contributed by atoms with Gasteiger partial charge in [0.15, 0.2) is 0 Å². The van der Waals surface area contributed by atoms with Gasteiger partial charge in [-0.05, 0) is 50.1 Å². The lowest BCUT2D eigenvalue weighted by Crippen LogP contribution is -2.48. The summed E-state index contributed by atoms with van der Waals surface area (Å²) in [5.41, 5.74) is 3.70. The monoisotopic (exact) mass is 468 g/mol. The molecule has 2 aliphatic heterocycles. The van der Waals surface area contributed by atoms with E-state index in [1.807, 2.05) is 24.1 Å². The maximum atomic E-state index is 14.3.